The molecule has 6 unspecified atom stereocenters. The van der Waals surface area contributed by atoms with Crippen molar-refractivity contribution in [2.24, 2.45) is 5.92 Å². The van der Waals surface area contributed by atoms with Gasteiger partial charge in [0.25, 0.3) is 0 Å². The Hall–Kier alpha value is -2.88. The minimum atomic E-state index is -1.24. The molecule has 3 aliphatic rings. The van der Waals surface area contributed by atoms with Crippen molar-refractivity contribution in [3.05, 3.63) is 58.9 Å². The van der Waals surface area contributed by atoms with Gasteiger partial charge in [0, 0.05) is 18.9 Å². The number of amides is 2. The average Bonchev–Trinajstić information content (AvgIpc) is 2.90. The average molecular weight is 533 g/mol. The van der Waals surface area contributed by atoms with E-state index in [0.29, 0.717) is 5.76 Å². The molecule has 38 heavy (non-hydrogen) atoms. The first-order valence-electron chi connectivity index (χ1n) is 13.2. The molecule has 1 saturated heterocycles. The summed E-state index contributed by atoms with van der Waals surface area (Å²) in [7, 11) is 0. The van der Waals surface area contributed by atoms with Crippen LogP contribution in [0.2, 0.25) is 0 Å². The molecule has 0 spiro atoms. The number of alkyl carbamates (subject to hydrolysis) is 1. The highest BCUT2D eigenvalue weighted by Gasteiger charge is 2.47. The summed E-state index contributed by atoms with van der Waals surface area (Å²) in [6, 6.07) is 8.44. The lowest BCUT2D eigenvalue weighted by Gasteiger charge is -2.42. The van der Waals surface area contributed by atoms with Crippen LogP contribution in [0.25, 0.3) is 0 Å². The number of aliphatic hydroxyl groups is 2. The van der Waals surface area contributed by atoms with Gasteiger partial charge in [0.05, 0.1) is 18.0 Å². The zero-order valence-corrected chi connectivity index (χ0v) is 23.8. The Balaban J connectivity index is 0.00000247. The van der Waals surface area contributed by atoms with Crippen LogP contribution in [0.4, 0.5) is 4.79 Å². The van der Waals surface area contributed by atoms with Crippen molar-refractivity contribution in [1.82, 2.24) is 10.6 Å². The Morgan fingerprint density at radius 3 is 2.29 bits per heavy atom. The van der Waals surface area contributed by atoms with Crippen LogP contribution < -0.4 is 10.6 Å². The van der Waals surface area contributed by atoms with Crippen LogP contribution in [0.15, 0.2) is 53.3 Å². The predicted octanol–water partition coefficient (Wildman–Crippen LogP) is 3.60. The second kappa shape index (κ2) is 13.8. The molecular formula is C29H44N2O7. The van der Waals surface area contributed by atoms with Gasteiger partial charge in [-0.2, -0.15) is 0 Å². The Labute approximate surface area is 226 Å². The van der Waals surface area contributed by atoms with Crippen molar-refractivity contribution in [2.75, 3.05) is 6.54 Å². The van der Waals surface area contributed by atoms with E-state index in [1.54, 1.807) is 27.7 Å². The number of nitrogens with one attached hydrogen (secondary N) is 2. The van der Waals surface area contributed by atoms with Gasteiger partial charge in [-0.25, -0.2) is 4.79 Å². The van der Waals surface area contributed by atoms with Crippen LogP contribution >= 0.6 is 0 Å². The second-order valence-electron chi connectivity index (χ2n) is 10.4. The van der Waals surface area contributed by atoms with Gasteiger partial charge in [-0.1, -0.05) is 55.8 Å². The van der Waals surface area contributed by atoms with E-state index in [9.17, 15) is 19.8 Å². The molecule has 2 bridgehead atoms. The molecule has 3 heterocycles. The number of ether oxygens (including phenoxy) is 3. The van der Waals surface area contributed by atoms with Crippen LogP contribution in [-0.4, -0.2) is 65.0 Å². The smallest absolute Gasteiger partial charge is 0.408 e. The van der Waals surface area contributed by atoms with Crippen LogP contribution in [-0.2, 0) is 25.4 Å². The SMILES string of the molecule is CC.CC1=C(C)OC2OC(CNC(=O)C(Cc3ccccc3)NC(=O)OC(C)(C)C)C(/C(C)=C\1)C(O)C2O. The van der Waals surface area contributed by atoms with E-state index >= 15 is 0 Å². The van der Waals surface area contributed by atoms with Gasteiger partial charge in [-0.3, -0.25) is 4.79 Å². The lowest BCUT2D eigenvalue weighted by atomic mass is 9.83. The monoisotopic (exact) mass is 532 g/mol. The van der Waals surface area contributed by atoms with Gasteiger partial charge in [-0.05, 0) is 52.7 Å². The molecule has 6 atom stereocenters. The summed E-state index contributed by atoms with van der Waals surface area (Å²) in [5.74, 6) is -0.403. The summed E-state index contributed by atoms with van der Waals surface area (Å²) in [4.78, 5) is 25.7. The molecular weight excluding hydrogens is 488 g/mol. The number of benzene rings is 1. The van der Waals surface area contributed by atoms with E-state index in [1.165, 1.54) is 0 Å². The van der Waals surface area contributed by atoms with Crippen molar-refractivity contribution in [1.29, 1.82) is 0 Å². The van der Waals surface area contributed by atoms with E-state index in [0.717, 1.165) is 16.7 Å². The number of carbonyl (C=O) groups is 2. The third-order valence-corrected chi connectivity index (χ3v) is 6.29. The molecule has 0 radical (unpaired) electrons. The van der Waals surface area contributed by atoms with E-state index in [4.69, 9.17) is 14.2 Å². The van der Waals surface area contributed by atoms with Crippen LogP contribution in [0.1, 0.15) is 61.0 Å². The third kappa shape index (κ3) is 8.58. The van der Waals surface area contributed by atoms with Gasteiger partial charge in [0.1, 0.15) is 17.7 Å². The summed E-state index contributed by atoms with van der Waals surface area (Å²) in [6.07, 6.45) is -2.66. The molecule has 9 heteroatoms. The number of rotatable bonds is 6. The lowest BCUT2D eigenvalue weighted by Crippen LogP contribution is -2.59. The maximum atomic E-state index is 13.2. The third-order valence-electron chi connectivity index (χ3n) is 6.29. The van der Waals surface area contributed by atoms with E-state index in [-0.39, 0.29) is 13.0 Å². The zero-order chi connectivity index (χ0) is 28.6. The minimum absolute atomic E-state index is 0.0394. The van der Waals surface area contributed by atoms with Crippen molar-refractivity contribution >= 4 is 12.0 Å². The van der Waals surface area contributed by atoms with Crippen LogP contribution in [0.5, 0.6) is 0 Å². The fraction of sp³-hybridized carbons (Fsp3) is 0.586. The fourth-order valence-corrected chi connectivity index (χ4v) is 4.41. The number of hydrogen-bond acceptors (Lipinski definition) is 7. The molecule has 212 valence electrons. The first kappa shape index (κ1) is 31.3. The minimum Gasteiger partial charge on any atom is -0.466 e. The van der Waals surface area contributed by atoms with Gasteiger partial charge < -0.3 is 35.1 Å². The standard InChI is InChI=1S/C27H38N2O7.C2H6/c1-15-12-16(2)21-20(35-25(34-17(15)3)23(31)22(21)30)14-28-24(32)19(13-18-10-8-7-9-11-18)29-26(33)36-27(4,5)6;1-2/h7-12,19-23,25,30-31H,13-14H2,1-6H3,(H,28,32)(H,29,33);1-2H3/b16-12-,17-15?;. The second-order valence-corrected chi connectivity index (χ2v) is 10.4. The van der Waals surface area contributed by atoms with E-state index in [1.807, 2.05) is 64.1 Å². The van der Waals surface area contributed by atoms with E-state index in [2.05, 4.69) is 10.6 Å². The zero-order valence-electron chi connectivity index (χ0n) is 23.8. The number of fused-ring (bicyclic) bond motifs is 4. The molecule has 9 nitrogen and oxygen atoms in total. The summed E-state index contributed by atoms with van der Waals surface area (Å²) < 4.78 is 17.1. The van der Waals surface area contributed by atoms with Crippen LogP contribution in [0, 0.1) is 5.92 Å². The summed E-state index contributed by atoms with van der Waals surface area (Å²) in [5.41, 5.74) is 1.82. The Morgan fingerprint density at radius 1 is 1.05 bits per heavy atom. The van der Waals surface area contributed by atoms with Crippen molar-refractivity contribution in [2.45, 2.75) is 98.1 Å². The summed E-state index contributed by atoms with van der Waals surface area (Å²) in [5, 5.41) is 26.9. The maximum absolute atomic E-state index is 13.2. The number of hydrogen-bond donors (Lipinski definition) is 4. The molecule has 4 rings (SSSR count). The first-order valence-corrected chi connectivity index (χ1v) is 13.2. The molecule has 2 amide bonds. The molecule has 1 fully saturated rings. The van der Waals surface area contributed by atoms with Crippen LogP contribution in [0.3, 0.4) is 0 Å². The first-order chi connectivity index (χ1) is 17.9. The van der Waals surface area contributed by atoms with Gasteiger partial charge in [-0.15, -0.1) is 0 Å². The maximum Gasteiger partial charge on any atom is 0.408 e. The van der Waals surface area contributed by atoms with Crippen molar-refractivity contribution in [3.8, 4) is 0 Å². The number of allylic oxidation sites excluding steroid dienone is 3. The normalized spacial score (nSPS) is 27.2. The molecule has 0 aromatic heterocycles. The Kier molecular flexibility index (Phi) is 11.4. The largest absolute Gasteiger partial charge is 0.466 e. The van der Waals surface area contributed by atoms with Crippen molar-refractivity contribution < 1.29 is 34.0 Å². The highest BCUT2D eigenvalue weighted by molar-refractivity contribution is 5.86. The van der Waals surface area contributed by atoms with E-state index < -0.39 is 54.2 Å². The lowest BCUT2D eigenvalue weighted by molar-refractivity contribution is -0.267. The summed E-state index contributed by atoms with van der Waals surface area (Å²) in [6.45, 7) is 14.8. The van der Waals surface area contributed by atoms with Crippen molar-refractivity contribution in [3.63, 3.8) is 0 Å². The molecule has 1 aromatic carbocycles. The van der Waals surface area contributed by atoms with Gasteiger partial charge >= 0.3 is 6.09 Å². The fourth-order valence-electron chi connectivity index (χ4n) is 4.41. The highest BCUT2D eigenvalue weighted by Crippen LogP contribution is 2.35. The Morgan fingerprint density at radius 2 is 1.68 bits per heavy atom. The topological polar surface area (TPSA) is 126 Å². The highest BCUT2D eigenvalue weighted by atomic mass is 16.7. The predicted molar refractivity (Wildman–Crippen MR) is 145 cm³/mol. The van der Waals surface area contributed by atoms with Gasteiger partial charge in [0.2, 0.25) is 12.2 Å². The Bertz CT molecular complexity index is 1000. The number of aliphatic hydroxyl groups excluding tert-OH is 2. The quantitative estimate of drug-likeness (QED) is 0.441. The molecule has 4 N–H and O–H groups in total. The number of carbonyl (C=O) groups excluding carboxylic acids is 2. The summed E-state index contributed by atoms with van der Waals surface area (Å²) >= 11 is 0. The molecule has 1 aromatic rings. The molecule has 0 aliphatic carbocycles. The molecule has 3 aliphatic heterocycles. The molecule has 0 saturated carbocycles. The van der Waals surface area contributed by atoms with Gasteiger partial charge in [0.15, 0.2) is 0 Å².